The molecule has 0 aliphatic heterocycles. The number of anilines is 1. The van der Waals surface area contributed by atoms with Crippen molar-refractivity contribution in [3.05, 3.63) is 22.8 Å². The fourth-order valence-electron chi connectivity index (χ4n) is 1.01. The Bertz CT molecular complexity index is 321. The molecule has 0 amide bonds. The van der Waals surface area contributed by atoms with Gasteiger partial charge in [-0.3, -0.25) is 5.84 Å². The molecule has 0 radical (unpaired) electrons. The molecule has 7 heteroatoms. The molecule has 1 rings (SSSR count). The second kappa shape index (κ2) is 4.50. The Labute approximate surface area is 84.2 Å². The molecular weight excluding hydrogens is 214 g/mol. The zero-order valence-electron chi connectivity index (χ0n) is 7.05. The van der Waals surface area contributed by atoms with Gasteiger partial charge in [0.15, 0.2) is 0 Å². The zero-order valence-corrected chi connectivity index (χ0v) is 7.80. The molecule has 0 fully saturated rings. The summed E-state index contributed by atoms with van der Waals surface area (Å²) in [6.07, 6.45) is -1.40. The van der Waals surface area contributed by atoms with Crippen molar-refractivity contribution < 1.29 is 8.78 Å². The summed E-state index contributed by atoms with van der Waals surface area (Å²) in [6, 6.07) is -0.0539. The molecule has 1 aromatic heterocycles. The summed E-state index contributed by atoms with van der Waals surface area (Å²) in [7, 11) is 0. The van der Waals surface area contributed by atoms with Crippen LogP contribution < -0.4 is 17.0 Å². The maximum Gasteiger partial charge on any atom is 0.259 e. The highest BCUT2D eigenvalue weighted by Gasteiger charge is 2.23. The molecule has 5 N–H and O–H groups in total. The van der Waals surface area contributed by atoms with Crippen molar-refractivity contribution in [1.82, 2.24) is 10.4 Å². The topological polar surface area (TPSA) is 77.0 Å². The Hall–Kier alpha value is -0.980. The molecule has 1 heterocycles. The van der Waals surface area contributed by atoms with Gasteiger partial charge in [0.25, 0.3) is 6.43 Å². The fourth-order valence-corrected chi connectivity index (χ4v) is 1.18. The third-order valence-electron chi connectivity index (χ3n) is 1.68. The summed E-state index contributed by atoms with van der Waals surface area (Å²) in [5.41, 5.74) is 7.45. The quantitative estimate of drug-likeness (QED) is 0.529. The molecule has 1 unspecified atom stereocenters. The van der Waals surface area contributed by atoms with Gasteiger partial charge in [-0.15, -0.1) is 0 Å². The Morgan fingerprint density at radius 2 is 2.14 bits per heavy atom. The summed E-state index contributed by atoms with van der Waals surface area (Å²) < 4.78 is 24.9. The van der Waals surface area contributed by atoms with Crippen LogP contribution in [0, 0.1) is 0 Å². The van der Waals surface area contributed by atoms with Gasteiger partial charge in [-0.1, -0.05) is 11.6 Å². The third kappa shape index (κ3) is 2.28. The number of nitrogens with zero attached hydrogens (tertiary/aromatic N) is 1. The van der Waals surface area contributed by atoms with Crippen LogP contribution in [0.2, 0.25) is 5.02 Å². The molecule has 14 heavy (non-hydrogen) atoms. The fraction of sp³-hybridized carbons (Fsp3) is 0.286. The number of nitrogens with two attached hydrogens (primary N) is 2. The van der Waals surface area contributed by atoms with E-state index in [1.807, 2.05) is 5.43 Å². The van der Waals surface area contributed by atoms with E-state index < -0.39 is 12.5 Å². The van der Waals surface area contributed by atoms with Crippen LogP contribution in [0.4, 0.5) is 14.6 Å². The number of pyridine rings is 1. The van der Waals surface area contributed by atoms with Gasteiger partial charge in [0.2, 0.25) is 0 Å². The van der Waals surface area contributed by atoms with Gasteiger partial charge in [-0.25, -0.2) is 19.2 Å². The summed E-state index contributed by atoms with van der Waals surface area (Å²) in [5, 5.41) is 0.232. The van der Waals surface area contributed by atoms with E-state index in [9.17, 15) is 8.78 Å². The molecule has 0 saturated heterocycles. The van der Waals surface area contributed by atoms with Gasteiger partial charge in [0, 0.05) is 11.8 Å². The number of alkyl halides is 2. The molecule has 0 bridgehead atoms. The van der Waals surface area contributed by atoms with Crippen LogP contribution in [0.25, 0.3) is 0 Å². The van der Waals surface area contributed by atoms with Crippen LogP contribution in [0.1, 0.15) is 11.6 Å². The van der Waals surface area contributed by atoms with Crippen molar-refractivity contribution in [1.29, 1.82) is 0 Å². The van der Waals surface area contributed by atoms with Gasteiger partial charge >= 0.3 is 0 Å². The Morgan fingerprint density at radius 3 is 2.64 bits per heavy atom. The number of nitrogen functional groups attached to an aromatic ring is 1. The predicted octanol–water partition coefficient (Wildman–Crippen LogP) is 1.09. The van der Waals surface area contributed by atoms with E-state index in [0.29, 0.717) is 0 Å². The van der Waals surface area contributed by atoms with Crippen LogP contribution in [0.3, 0.4) is 0 Å². The predicted molar refractivity (Wildman–Crippen MR) is 49.7 cm³/mol. The first kappa shape index (κ1) is 11.1. The number of hydrogen-bond donors (Lipinski definition) is 3. The maximum atomic E-state index is 12.4. The van der Waals surface area contributed by atoms with Crippen molar-refractivity contribution in [3.63, 3.8) is 0 Å². The number of nitrogens with one attached hydrogen (secondary N) is 1. The summed E-state index contributed by atoms with van der Waals surface area (Å²) in [5.74, 6) is 4.95. The first-order valence-electron chi connectivity index (χ1n) is 3.71. The molecule has 78 valence electrons. The second-order valence-corrected chi connectivity index (χ2v) is 3.04. The Kier molecular flexibility index (Phi) is 3.56. The lowest BCUT2D eigenvalue weighted by Gasteiger charge is -2.16. The number of hydrogen-bond acceptors (Lipinski definition) is 4. The lowest BCUT2D eigenvalue weighted by molar-refractivity contribution is 0.0988. The van der Waals surface area contributed by atoms with E-state index in [4.69, 9.17) is 23.2 Å². The van der Waals surface area contributed by atoms with Gasteiger partial charge in [-0.05, 0) is 6.07 Å². The molecule has 4 nitrogen and oxygen atoms in total. The largest absolute Gasteiger partial charge is 0.383 e. The van der Waals surface area contributed by atoms with Crippen molar-refractivity contribution >= 4 is 17.4 Å². The van der Waals surface area contributed by atoms with Crippen LogP contribution in [0.15, 0.2) is 12.3 Å². The highest BCUT2D eigenvalue weighted by molar-refractivity contribution is 6.30. The van der Waals surface area contributed by atoms with Gasteiger partial charge < -0.3 is 5.73 Å². The number of aromatic nitrogens is 1. The SMILES string of the molecule is NNC(c1cc(Cl)cnc1N)C(F)F. The molecule has 0 spiro atoms. The molecular formula is C7H9ClF2N4. The minimum Gasteiger partial charge on any atom is -0.383 e. The molecule has 0 aromatic carbocycles. The normalized spacial score (nSPS) is 13.2. The standard InChI is InChI=1S/C7H9ClF2N4/c8-3-1-4(7(11)13-2-3)5(14-12)6(9)10/h1-2,5-6,14H,12H2,(H2,11,13). The minimum absolute atomic E-state index is 0.0161. The summed E-state index contributed by atoms with van der Waals surface area (Å²) in [4.78, 5) is 3.65. The third-order valence-corrected chi connectivity index (χ3v) is 1.89. The molecule has 1 atom stereocenters. The minimum atomic E-state index is -2.68. The van der Waals surface area contributed by atoms with Crippen molar-refractivity contribution in [2.24, 2.45) is 5.84 Å². The van der Waals surface area contributed by atoms with Gasteiger partial charge in [-0.2, -0.15) is 0 Å². The molecule has 1 aromatic rings. The number of rotatable bonds is 3. The smallest absolute Gasteiger partial charge is 0.259 e. The van der Waals surface area contributed by atoms with E-state index in [0.717, 1.165) is 0 Å². The lowest BCUT2D eigenvalue weighted by Crippen LogP contribution is -2.33. The average Bonchev–Trinajstić information content (AvgIpc) is 2.11. The molecule has 0 aliphatic carbocycles. The van der Waals surface area contributed by atoms with Crippen LogP contribution >= 0.6 is 11.6 Å². The highest BCUT2D eigenvalue weighted by Crippen LogP contribution is 2.25. The van der Waals surface area contributed by atoms with E-state index in [-0.39, 0.29) is 16.4 Å². The van der Waals surface area contributed by atoms with E-state index in [1.165, 1.54) is 12.3 Å². The highest BCUT2D eigenvalue weighted by atomic mass is 35.5. The van der Waals surface area contributed by atoms with Crippen molar-refractivity contribution in [2.75, 3.05) is 5.73 Å². The number of hydrazine groups is 1. The average molecular weight is 223 g/mol. The van der Waals surface area contributed by atoms with Gasteiger partial charge in [0.1, 0.15) is 11.9 Å². The first-order chi connectivity index (χ1) is 6.56. The van der Waals surface area contributed by atoms with E-state index in [1.54, 1.807) is 0 Å². The van der Waals surface area contributed by atoms with E-state index >= 15 is 0 Å². The van der Waals surface area contributed by atoms with Crippen LogP contribution in [0.5, 0.6) is 0 Å². The second-order valence-electron chi connectivity index (χ2n) is 2.61. The van der Waals surface area contributed by atoms with Crippen LogP contribution in [-0.2, 0) is 0 Å². The Balaban J connectivity index is 3.08. The Morgan fingerprint density at radius 1 is 1.50 bits per heavy atom. The molecule has 0 saturated carbocycles. The monoisotopic (exact) mass is 222 g/mol. The van der Waals surface area contributed by atoms with Crippen molar-refractivity contribution in [2.45, 2.75) is 12.5 Å². The maximum absolute atomic E-state index is 12.4. The lowest BCUT2D eigenvalue weighted by atomic mass is 10.1. The summed E-state index contributed by atoms with van der Waals surface area (Å²) >= 11 is 5.59. The number of halogens is 3. The van der Waals surface area contributed by atoms with Crippen molar-refractivity contribution in [3.8, 4) is 0 Å². The van der Waals surface area contributed by atoms with Gasteiger partial charge in [0.05, 0.1) is 5.02 Å². The molecule has 0 aliphatic rings. The van der Waals surface area contributed by atoms with Crippen LogP contribution in [-0.4, -0.2) is 11.4 Å². The first-order valence-corrected chi connectivity index (χ1v) is 4.09. The zero-order chi connectivity index (χ0) is 10.7. The van der Waals surface area contributed by atoms with E-state index in [2.05, 4.69) is 4.98 Å². The summed E-state index contributed by atoms with van der Waals surface area (Å²) in [6.45, 7) is 0.